The van der Waals surface area contributed by atoms with Crippen molar-refractivity contribution in [1.82, 2.24) is 0 Å². The fourth-order valence-corrected chi connectivity index (χ4v) is 3.68. The first-order valence-corrected chi connectivity index (χ1v) is 8.59. The van der Waals surface area contributed by atoms with Gasteiger partial charge in [0.25, 0.3) is 5.91 Å². The minimum Gasteiger partial charge on any atom is -0.494 e. The van der Waals surface area contributed by atoms with Gasteiger partial charge in [-0.05, 0) is 45.0 Å². The van der Waals surface area contributed by atoms with Crippen LogP contribution in [0.3, 0.4) is 0 Å². The summed E-state index contributed by atoms with van der Waals surface area (Å²) in [5.41, 5.74) is 0.615. The zero-order chi connectivity index (χ0) is 17.3. The Hall–Kier alpha value is -1.92. The van der Waals surface area contributed by atoms with Crippen molar-refractivity contribution >= 4 is 17.5 Å². The summed E-state index contributed by atoms with van der Waals surface area (Å²) in [7, 11) is 0. The highest BCUT2D eigenvalue weighted by molar-refractivity contribution is 6.21. The van der Waals surface area contributed by atoms with Crippen LogP contribution in [0, 0.1) is 0 Å². The zero-order valence-corrected chi connectivity index (χ0v) is 14.5. The van der Waals surface area contributed by atoms with Crippen LogP contribution >= 0.6 is 0 Å². The summed E-state index contributed by atoms with van der Waals surface area (Å²) in [6, 6.07) is 6.81. The van der Waals surface area contributed by atoms with Gasteiger partial charge >= 0.3 is 0 Å². The Morgan fingerprint density at radius 1 is 1.17 bits per heavy atom. The molecular formula is C18H25N2O4+. The lowest BCUT2D eigenvalue weighted by atomic mass is 10.1. The van der Waals surface area contributed by atoms with Crippen molar-refractivity contribution in [3.63, 3.8) is 0 Å². The van der Waals surface area contributed by atoms with E-state index in [0.717, 1.165) is 23.7 Å². The van der Waals surface area contributed by atoms with Crippen LogP contribution in [-0.4, -0.2) is 49.8 Å². The molecule has 0 aromatic heterocycles. The van der Waals surface area contributed by atoms with Crippen LogP contribution in [0.4, 0.5) is 5.69 Å². The fraction of sp³-hybridized carbons (Fsp3) is 0.556. The molecule has 2 fully saturated rings. The number of nitrogens with one attached hydrogen (secondary N) is 1. The lowest BCUT2D eigenvalue weighted by Gasteiger charge is -2.34. The Balaban J connectivity index is 1.76. The molecule has 0 radical (unpaired) electrons. The number of rotatable bonds is 4. The van der Waals surface area contributed by atoms with Crippen molar-refractivity contribution in [2.75, 3.05) is 24.6 Å². The quantitative estimate of drug-likeness (QED) is 0.811. The van der Waals surface area contributed by atoms with Gasteiger partial charge in [-0.3, -0.25) is 9.59 Å². The first-order valence-electron chi connectivity index (χ1n) is 8.59. The normalized spacial score (nSPS) is 30.7. The topological polar surface area (TPSA) is 60.3 Å². The van der Waals surface area contributed by atoms with Crippen LogP contribution in [0.15, 0.2) is 24.3 Å². The highest BCUT2D eigenvalue weighted by atomic mass is 16.5. The average Bonchev–Trinajstić information content (AvgIpc) is 2.83. The van der Waals surface area contributed by atoms with E-state index in [4.69, 9.17) is 9.47 Å². The Kier molecular flexibility index (Phi) is 4.87. The smallest absolute Gasteiger partial charge is 0.292 e. The number of benzene rings is 1. The molecule has 4 atom stereocenters. The molecule has 130 valence electrons. The van der Waals surface area contributed by atoms with E-state index in [1.807, 2.05) is 20.8 Å². The number of carbonyl (C=O) groups is 2. The van der Waals surface area contributed by atoms with Crippen LogP contribution < -0.4 is 14.5 Å². The Labute approximate surface area is 142 Å². The number of imide groups is 1. The second kappa shape index (κ2) is 6.91. The first-order chi connectivity index (χ1) is 11.5. The summed E-state index contributed by atoms with van der Waals surface area (Å²) in [4.78, 5) is 27.8. The number of amides is 2. The van der Waals surface area contributed by atoms with Crippen molar-refractivity contribution in [1.29, 1.82) is 0 Å². The monoisotopic (exact) mass is 333 g/mol. The molecule has 0 bridgehead atoms. The maximum atomic E-state index is 12.9. The number of morpholine rings is 1. The third-order valence-electron chi connectivity index (χ3n) is 4.61. The second-order valence-electron chi connectivity index (χ2n) is 6.57. The third kappa shape index (κ3) is 3.30. The maximum absolute atomic E-state index is 12.9. The summed E-state index contributed by atoms with van der Waals surface area (Å²) in [6.45, 7) is 8.04. The molecule has 0 saturated carbocycles. The van der Waals surface area contributed by atoms with Gasteiger partial charge in [0, 0.05) is 0 Å². The van der Waals surface area contributed by atoms with Crippen LogP contribution in [0.5, 0.6) is 5.75 Å². The summed E-state index contributed by atoms with van der Waals surface area (Å²) >= 11 is 0. The van der Waals surface area contributed by atoms with E-state index in [9.17, 15) is 9.59 Å². The molecule has 6 nitrogen and oxygen atoms in total. The largest absolute Gasteiger partial charge is 0.494 e. The Bertz CT molecular complexity index is 606. The van der Waals surface area contributed by atoms with Gasteiger partial charge in [-0.2, -0.15) is 0 Å². The number of carbonyl (C=O) groups excluding carboxylic acids is 2. The van der Waals surface area contributed by atoms with Crippen molar-refractivity contribution in [3.05, 3.63) is 24.3 Å². The minimum absolute atomic E-state index is 0.103. The highest BCUT2D eigenvalue weighted by Gasteiger charge is 2.47. The lowest BCUT2D eigenvalue weighted by molar-refractivity contribution is -0.929. The molecule has 6 heteroatoms. The SMILES string of the molecule is CCOc1ccc(N2C(=O)C[C@@H]([NH+]3C[C@@H](C)O[C@@H](C)C3)C2=O)cc1. The zero-order valence-electron chi connectivity index (χ0n) is 14.5. The molecule has 1 aromatic rings. The number of hydrogen-bond donors (Lipinski definition) is 1. The van der Waals surface area contributed by atoms with E-state index in [0.29, 0.717) is 12.3 Å². The van der Waals surface area contributed by atoms with Gasteiger partial charge in [0.2, 0.25) is 5.91 Å². The van der Waals surface area contributed by atoms with Gasteiger partial charge in [-0.15, -0.1) is 0 Å². The van der Waals surface area contributed by atoms with Gasteiger partial charge in [-0.25, -0.2) is 4.90 Å². The molecule has 1 N–H and O–H groups in total. The van der Waals surface area contributed by atoms with E-state index >= 15 is 0 Å². The molecular weight excluding hydrogens is 308 g/mol. The molecule has 0 aliphatic carbocycles. The lowest BCUT2D eigenvalue weighted by Crippen LogP contribution is -3.19. The average molecular weight is 333 g/mol. The molecule has 1 aromatic carbocycles. The first kappa shape index (κ1) is 16.9. The number of hydrogen-bond acceptors (Lipinski definition) is 4. The number of nitrogens with zero attached hydrogens (tertiary/aromatic N) is 1. The molecule has 3 rings (SSSR count). The fourth-order valence-electron chi connectivity index (χ4n) is 3.68. The van der Waals surface area contributed by atoms with Crippen LogP contribution in [0.25, 0.3) is 0 Å². The predicted molar refractivity (Wildman–Crippen MR) is 89.2 cm³/mol. The third-order valence-corrected chi connectivity index (χ3v) is 4.61. The Morgan fingerprint density at radius 3 is 2.38 bits per heavy atom. The Morgan fingerprint density at radius 2 is 1.79 bits per heavy atom. The van der Waals surface area contributed by atoms with Crippen molar-refractivity contribution in [3.8, 4) is 5.75 Å². The molecule has 2 heterocycles. The van der Waals surface area contributed by atoms with E-state index in [2.05, 4.69) is 0 Å². The standard InChI is InChI=1S/C18H24N2O4/c1-4-23-15-7-5-14(6-8-15)20-17(21)9-16(18(20)22)19-10-12(2)24-13(3)11-19/h5-8,12-13,16H,4,9-11H2,1-3H3/p+1/t12-,13+,16-/m1/s1. The number of ether oxygens (including phenoxy) is 2. The van der Waals surface area contributed by atoms with Crippen molar-refractivity contribution in [2.45, 2.75) is 45.4 Å². The van der Waals surface area contributed by atoms with Crippen LogP contribution in [0.1, 0.15) is 27.2 Å². The summed E-state index contributed by atoms with van der Waals surface area (Å²) in [6.07, 6.45) is 0.471. The maximum Gasteiger partial charge on any atom is 0.292 e. The van der Waals surface area contributed by atoms with E-state index in [1.165, 1.54) is 4.90 Å². The second-order valence-corrected chi connectivity index (χ2v) is 6.57. The molecule has 0 spiro atoms. The minimum atomic E-state index is -0.308. The molecule has 2 aliphatic rings. The molecule has 24 heavy (non-hydrogen) atoms. The molecule has 2 amide bonds. The van der Waals surface area contributed by atoms with Gasteiger partial charge < -0.3 is 14.4 Å². The predicted octanol–water partition coefficient (Wildman–Crippen LogP) is 0.409. The number of anilines is 1. The molecule has 2 saturated heterocycles. The van der Waals surface area contributed by atoms with Crippen LogP contribution in [0.2, 0.25) is 0 Å². The van der Waals surface area contributed by atoms with Gasteiger partial charge in [-0.1, -0.05) is 0 Å². The molecule has 2 aliphatic heterocycles. The van der Waals surface area contributed by atoms with Gasteiger partial charge in [0.05, 0.1) is 18.7 Å². The summed E-state index contributed by atoms with van der Waals surface area (Å²) in [5, 5.41) is 0. The van der Waals surface area contributed by atoms with E-state index in [1.54, 1.807) is 24.3 Å². The summed E-state index contributed by atoms with van der Waals surface area (Å²) in [5.74, 6) is 0.493. The summed E-state index contributed by atoms with van der Waals surface area (Å²) < 4.78 is 11.2. The van der Waals surface area contributed by atoms with E-state index < -0.39 is 0 Å². The van der Waals surface area contributed by atoms with E-state index in [-0.39, 0.29) is 36.5 Å². The van der Waals surface area contributed by atoms with Gasteiger partial charge in [0.15, 0.2) is 6.04 Å². The van der Waals surface area contributed by atoms with Crippen molar-refractivity contribution < 1.29 is 24.0 Å². The van der Waals surface area contributed by atoms with Crippen LogP contribution in [-0.2, 0) is 14.3 Å². The highest BCUT2D eigenvalue weighted by Crippen LogP contribution is 2.24. The van der Waals surface area contributed by atoms with Crippen molar-refractivity contribution in [2.24, 2.45) is 0 Å². The number of quaternary nitrogens is 1. The van der Waals surface area contributed by atoms with Gasteiger partial charge in [0.1, 0.15) is 31.0 Å². The molecule has 1 unspecified atom stereocenters.